The summed E-state index contributed by atoms with van der Waals surface area (Å²) in [5, 5.41) is 7.20. The maximum absolute atomic E-state index is 13.0. The molecule has 0 aliphatic heterocycles. The monoisotopic (exact) mass is 331 g/mol. The third-order valence-electron chi connectivity index (χ3n) is 3.21. The summed E-state index contributed by atoms with van der Waals surface area (Å²) in [5.41, 5.74) is -0.971. The highest BCUT2D eigenvalue weighted by atomic mass is 32.2. The summed E-state index contributed by atoms with van der Waals surface area (Å²) >= 11 is 0.937. The van der Waals surface area contributed by atoms with Gasteiger partial charge in [0.2, 0.25) is 0 Å². The van der Waals surface area contributed by atoms with E-state index in [1.165, 1.54) is 0 Å². The van der Waals surface area contributed by atoms with Crippen LogP contribution in [0.1, 0.15) is 39.0 Å². The highest BCUT2D eigenvalue weighted by Crippen LogP contribution is 2.33. The third-order valence-corrected chi connectivity index (χ3v) is 3.94. The van der Waals surface area contributed by atoms with E-state index in [1.807, 2.05) is 6.92 Å². The molecule has 1 aliphatic rings. The minimum absolute atomic E-state index is 0.0154. The van der Waals surface area contributed by atoms with Gasteiger partial charge in [-0.15, -0.1) is 4.33 Å². The summed E-state index contributed by atoms with van der Waals surface area (Å²) in [4.78, 5) is 4.17. The summed E-state index contributed by atoms with van der Waals surface area (Å²) in [5.74, 6) is -0.0662. The van der Waals surface area contributed by atoms with Crippen LogP contribution in [-0.2, 0) is 19.1 Å². The van der Waals surface area contributed by atoms with E-state index in [-0.39, 0.29) is 6.10 Å². The number of rotatable bonds is 8. The molecular formula is C12H20F3NO4S. The van der Waals surface area contributed by atoms with Crippen LogP contribution in [0.4, 0.5) is 13.2 Å². The molecule has 1 saturated carbocycles. The van der Waals surface area contributed by atoms with E-state index < -0.39 is 17.8 Å². The Kier molecular flexibility index (Phi) is 8.38. The molecule has 124 valence electrons. The molecule has 0 bridgehead atoms. The quantitative estimate of drug-likeness (QED) is 0.221. The van der Waals surface area contributed by atoms with Crippen LogP contribution in [0.25, 0.3) is 0 Å². The van der Waals surface area contributed by atoms with Gasteiger partial charge in [0.25, 0.3) is 0 Å². The SMILES string of the molecule is CCCSOOO/N=C(/C1CCC(OC)CC1)C(F)(F)F. The molecule has 0 radical (unpaired) electrons. The fraction of sp³-hybridized carbons (Fsp3) is 0.917. The molecule has 1 fully saturated rings. The first kappa shape index (κ1) is 18.5. The molecule has 0 amide bonds. The van der Waals surface area contributed by atoms with Crippen LogP contribution in [0, 0.1) is 5.92 Å². The summed E-state index contributed by atoms with van der Waals surface area (Å²) in [6.45, 7) is 1.92. The molecule has 0 heterocycles. The fourth-order valence-corrected chi connectivity index (χ4v) is 2.43. The second kappa shape index (κ2) is 9.50. The van der Waals surface area contributed by atoms with Gasteiger partial charge in [-0.2, -0.15) is 18.2 Å². The van der Waals surface area contributed by atoms with E-state index in [0.717, 1.165) is 18.5 Å². The largest absolute Gasteiger partial charge is 0.433 e. The van der Waals surface area contributed by atoms with Gasteiger partial charge in [-0.1, -0.05) is 6.92 Å². The zero-order chi connectivity index (χ0) is 15.7. The van der Waals surface area contributed by atoms with E-state index in [9.17, 15) is 13.2 Å². The molecule has 21 heavy (non-hydrogen) atoms. The molecule has 0 spiro atoms. The van der Waals surface area contributed by atoms with E-state index >= 15 is 0 Å². The van der Waals surface area contributed by atoms with Crippen molar-refractivity contribution in [3.63, 3.8) is 0 Å². The van der Waals surface area contributed by atoms with Crippen LogP contribution in [0.15, 0.2) is 5.16 Å². The first-order chi connectivity index (χ1) is 9.99. The Hall–Kier alpha value is -0.510. The lowest BCUT2D eigenvalue weighted by atomic mass is 9.84. The Balaban J connectivity index is 2.48. The zero-order valence-electron chi connectivity index (χ0n) is 12.0. The van der Waals surface area contributed by atoms with Gasteiger partial charge in [0.1, 0.15) is 0 Å². The Morgan fingerprint density at radius 1 is 1.24 bits per heavy atom. The third kappa shape index (κ3) is 6.86. The van der Waals surface area contributed by atoms with E-state index in [4.69, 9.17) is 4.74 Å². The van der Waals surface area contributed by atoms with Crippen LogP contribution < -0.4 is 0 Å². The summed E-state index contributed by atoms with van der Waals surface area (Å²) in [6.07, 6.45) is -1.85. The molecule has 0 atom stereocenters. The molecular weight excluding hydrogens is 311 g/mol. The van der Waals surface area contributed by atoms with Gasteiger partial charge in [-0.05, 0) is 37.3 Å². The number of alkyl halides is 3. The molecule has 9 heteroatoms. The highest BCUT2D eigenvalue weighted by Gasteiger charge is 2.43. The predicted molar refractivity (Wildman–Crippen MR) is 72.2 cm³/mol. The number of hydrogen-bond acceptors (Lipinski definition) is 6. The van der Waals surface area contributed by atoms with Gasteiger partial charge in [0.05, 0.1) is 6.10 Å². The first-order valence-electron chi connectivity index (χ1n) is 6.78. The van der Waals surface area contributed by atoms with Crippen LogP contribution in [0.3, 0.4) is 0 Å². The second-order valence-electron chi connectivity index (χ2n) is 4.72. The van der Waals surface area contributed by atoms with Crippen molar-refractivity contribution in [3.8, 4) is 0 Å². The molecule has 0 saturated heterocycles. The standard InChI is InChI=1S/C12H20F3NO4S/c1-3-8-21-20-19-18-16-11(12(13,14)15)9-4-6-10(17-2)7-5-9/h9-10H,3-8H2,1-2H3/b16-11-. The molecule has 1 rings (SSSR count). The van der Waals surface area contributed by atoms with Crippen molar-refractivity contribution >= 4 is 17.8 Å². The molecule has 0 aromatic heterocycles. The Bertz CT molecular complexity index is 320. The summed E-state index contributed by atoms with van der Waals surface area (Å²) < 4.78 is 48.5. The van der Waals surface area contributed by atoms with E-state index in [1.54, 1.807) is 7.11 Å². The van der Waals surface area contributed by atoms with Gasteiger partial charge in [0, 0.05) is 35.9 Å². The average Bonchev–Trinajstić information content (AvgIpc) is 2.45. The Labute approximate surface area is 126 Å². The van der Waals surface area contributed by atoms with Crippen molar-refractivity contribution in [1.82, 2.24) is 0 Å². The molecule has 0 unspecified atom stereocenters. The number of oxime groups is 1. The summed E-state index contributed by atoms with van der Waals surface area (Å²) in [6, 6.07) is 0. The van der Waals surface area contributed by atoms with Gasteiger partial charge in [-0.3, -0.25) is 0 Å². The van der Waals surface area contributed by atoms with Crippen molar-refractivity contribution < 1.29 is 32.3 Å². The lowest BCUT2D eigenvalue weighted by Crippen LogP contribution is -2.35. The minimum atomic E-state index is -4.55. The lowest BCUT2D eigenvalue weighted by Gasteiger charge is -2.28. The highest BCUT2D eigenvalue weighted by molar-refractivity contribution is 7.94. The maximum atomic E-state index is 13.0. The second-order valence-corrected chi connectivity index (χ2v) is 5.50. The van der Waals surface area contributed by atoms with Gasteiger partial charge < -0.3 is 4.74 Å². The van der Waals surface area contributed by atoms with Gasteiger partial charge in [0.15, 0.2) is 5.71 Å². The van der Waals surface area contributed by atoms with Crippen LogP contribution in [0.2, 0.25) is 0 Å². The summed E-state index contributed by atoms with van der Waals surface area (Å²) in [7, 11) is 1.56. The topological polar surface area (TPSA) is 49.3 Å². The normalized spacial score (nSPS) is 24.1. The van der Waals surface area contributed by atoms with Crippen LogP contribution in [0.5, 0.6) is 0 Å². The molecule has 0 aromatic carbocycles. The number of ether oxygens (including phenoxy) is 1. The average molecular weight is 331 g/mol. The fourth-order valence-electron chi connectivity index (χ4n) is 2.13. The zero-order valence-corrected chi connectivity index (χ0v) is 12.8. The molecule has 5 nitrogen and oxygen atoms in total. The predicted octanol–water partition coefficient (Wildman–Crippen LogP) is 4.05. The molecule has 0 N–H and O–H groups in total. The van der Waals surface area contributed by atoms with E-state index in [2.05, 4.69) is 19.5 Å². The smallest absolute Gasteiger partial charge is 0.381 e. The maximum Gasteiger partial charge on any atom is 0.433 e. The lowest BCUT2D eigenvalue weighted by molar-refractivity contribution is -0.462. The minimum Gasteiger partial charge on any atom is -0.381 e. The number of nitrogens with zero attached hydrogens (tertiary/aromatic N) is 1. The van der Waals surface area contributed by atoms with Crippen molar-refractivity contribution in [1.29, 1.82) is 0 Å². The van der Waals surface area contributed by atoms with Crippen LogP contribution >= 0.6 is 12.0 Å². The van der Waals surface area contributed by atoms with Crippen molar-refractivity contribution in [2.24, 2.45) is 11.1 Å². The first-order valence-corrected chi connectivity index (χ1v) is 7.70. The van der Waals surface area contributed by atoms with E-state index in [0.29, 0.717) is 31.4 Å². The van der Waals surface area contributed by atoms with Gasteiger partial charge >= 0.3 is 6.18 Å². The molecule has 1 aliphatic carbocycles. The molecule has 0 aromatic rings. The van der Waals surface area contributed by atoms with Crippen LogP contribution in [-0.4, -0.2) is 30.9 Å². The Morgan fingerprint density at radius 2 is 1.90 bits per heavy atom. The van der Waals surface area contributed by atoms with Gasteiger partial charge in [-0.25, -0.2) is 0 Å². The number of hydrogen-bond donors (Lipinski definition) is 0. The van der Waals surface area contributed by atoms with Crippen molar-refractivity contribution in [2.75, 3.05) is 12.9 Å². The van der Waals surface area contributed by atoms with Crippen molar-refractivity contribution in [3.05, 3.63) is 0 Å². The van der Waals surface area contributed by atoms with Crippen molar-refractivity contribution in [2.45, 2.75) is 51.3 Å². The number of methoxy groups -OCH3 is 1. The number of halogens is 3. The Morgan fingerprint density at radius 3 is 2.43 bits per heavy atom.